The van der Waals surface area contributed by atoms with E-state index in [1.165, 1.54) is 18.6 Å². The molecule has 1 N–H and O–H groups in total. The number of amides is 1. The maximum atomic E-state index is 12.5. The molecule has 2 aromatic carbocycles. The van der Waals surface area contributed by atoms with E-state index in [9.17, 15) is 18.0 Å². The van der Waals surface area contributed by atoms with Gasteiger partial charge >= 0.3 is 0 Å². The van der Waals surface area contributed by atoms with E-state index in [-0.39, 0.29) is 24.2 Å². The number of nitrogens with one attached hydrogen (secondary N) is 1. The second-order valence-electron chi connectivity index (χ2n) is 7.14. The standard InChI is InChI=1S/C22H28N2O4S/c1-4-18(13-19-9-6-5-7-10-19)15-23-22(26)16-24(29(3,27)28)21-12-8-11-20(14-21)17(2)25/h5-12,14,18H,4,13,15-16H2,1-3H3,(H,23,26). The lowest BCUT2D eigenvalue weighted by atomic mass is 9.97. The van der Waals surface area contributed by atoms with E-state index in [4.69, 9.17) is 0 Å². The van der Waals surface area contributed by atoms with Crippen LogP contribution in [0.5, 0.6) is 0 Å². The average molecular weight is 417 g/mol. The third kappa shape index (κ3) is 7.02. The summed E-state index contributed by atoms with van der Waals surface area (Å²) in [5.41, 5.74) is 1.89. The van der Waals surface area contributed by atoms with Crippen LogP contribution in [0.2, 0.25) is 0 Å². The number of carbonyl (C=O) groups excluding carboxylic acids is 2. The molecule has 1 amide bonds. The normalized spacial score (nSPS) is 12.2. The molecule has 1 atom stereocenters. The van der Waals surface area contributed by atoms with Crippen LogP contribution in [0.25, 0.3) is 0 Å². The summed E-state index contributed by atoms with van der Waals surface area (Å²) >= 11 is 0. The lowest BCUT2D eigenvalue weighted by molar-refractivity contribution is -0.119. The predicted molar refractivity (Wildman–Crippen MR) is 116 cm³/mol. The molecular weight excluding hydrogens is 388 g/mol. The predicted octanol–water partition coefficient (Wildman–Crippen LogP) is 3.04. The average Bonchev–Trinajstić information content (AvgIpc) is 2.69. The summed E-state index contributed by atoms with van der Waals surface area (Å²) in [6.45, 7) is 3.61. The minimum atomic E-state index is -3.69. The van der Waals surface area contributed by atoms with E-state index >= 15 is 0 Å². The lowest BCUT2D eigenvalue weighted by Gasteiger charge is -2.23. The molecule has 0 saturated carbocycles. The highest BCUT2D eigenvalue weighted by Crippen LogP contribution is 2.19. The zero-order valence-corrected chi connectivity index (χ0v) is 17.9. The fraction of sp³-hybridized carbons (Fsp3) is 0.364. The van der Waals surface area contributed by atoms with Crippen LogP contribution in [-0.2, 0) is 21.2 Å². The number of ketones is 1. The van der Waals surface area contributed by atoms with Crippen LogP contribution in [-0.4, -0.2) is 39.5 Å². The number of hydrogen-bond donors (Lipinski definition) is 1. The topological polar surface area (TPSA) is 83.6 Å². The van der Waals surface area contributed by atoms with Gasteiger partial charge in [-0.15, -0.1) is 0 Å². The van der Waals surface area contributed by atoms with Crippen molar-refractivity contribution in [3.05, 3.63) is 65.7 Å². The van der Waals surface area contributed by atoms with Crippen LogP contribution in [0.1, 0.15) is 36.2 Å². The van der Waals surface area contributed by atoms with Gasteiger partial charge in [-0.3, -0.25) is 13.9 Å². The van der Waals surface area contributed by atoms with Gasteiger partial charge in [0.15, 0.2) is 5.78 Å². The number of hydrogen-bond acceptors (Lipinski definition) is 4. The van der Waals surface area contributed by atoms with Gasteiger partial charge in [0.2, 0.25) is 15.9 Å². The van der Waals surface area contributed by atoms with E-state index in [1.807, 2.05) is 18.2 Å². The Morgan fingerprint density at radius 3 is 2.34 bits per heavy atom. The van der Waals surface area contributed by atoms with Gasteiger partial charge in [0.05, 0.1) is 11.9 Å². The van der Waals surface area contributed by atoms with Gasteiger partial charge in [-0.1, -0.05) is 55.8 Å². The van der Waals surface area contributed by atoms with E-state index in [1.54, 1.807) is 18.2 Å². The Labute approximate surface area is 173 Å². The molecule has 0 bridgehead atoms. The van der Waals surface area contributed by atoms with Gasteiger partial charge in [-0.2, -0.15) is 0 Å². The first kappa shape index (κ1) is 22.6. The second kappa shape index (κ2) is 10.2. The van der Waals surface area contributed by atoms with Crippen molar-refractivity contribution in [1.29, 1.82) is 0 Å². The third-order valence-corrected chi connectivity index (χ3v) is 5.90. The minimum absolute atomic E-state index is 0.170. The molecule has 156 valence electrons. The highest BCUT2D eigenvalue weighted by atomic mass is 32.2. The summed E-state index contributed by atoms with van der Waals surface area (Å²) in [5, 5.41) is 2.85. The number of Topliss-reactive ketones (excluding diaryl/α,β-unsaturated/α-hetero) is 1. The smallest absolute Gasteiger partial charge is 0.240 e. The van der Waals surface area contributed by atoms with Crippen molar-refractivity contribution < 1.29 is 18.0 Å². The maximum absolute atomic E-state index is 12.5. The molecule has 0 fully saturated rings. The molecule has 2 rings (SSSR count). The van der Waals surface area contributed by atoms with Gasteiger partial charge in [0.25, 0.3) is 0 Å². The fourth-order valence-electron chi connectivity index (χ4n) is 3.03. The maximum Gasteiger partial charge on any atom is 0.240 e. The number of anilines is 1. The van der Waals surface area contributed by atoms with Gasteiger partial charge in [0, 0.05) is 12.1 Å². The zero-order chi connectivity index (χ0) is 21.4. The highest BCUT2D eigenvalue weighted by molar-refractivity contribution is 7.92. The van der Waals surface area contributed by atoms with Gasteiger partial charge < -0.3 is 5.32 Å². The Hall–Kier alpha value is -2.67. The monoisotopic (exact) mass is 416 g/mol. The summed E-state index contributed by atoms with van der Waals surface area (Å²) in [7, 11) is -3.69. The van der Waals surface area contributed by atoms with E-state index in [2.05, 4.69) is 24.4 Å². The van der Waals surface area contributed by atoms with Crippen LogP contribution in [0, 0.1) is 5.92 Å². The van der Waals surface area contributed by atoms with Crippen LogP contribution in [0.15, 0.2) is 54.6 Å². The molecule has 0 radical (unpaired) electrons. The summed E-state index contributed by atoms with van der Waals surface area (Å²) in [4.78, 5) is 24.1. The van der Waals surface area contributed by atoms with Crippen molar-refractivity contribution in [1.82, 2.24) is 5.32 Å². The first-order valence-corrected chi connectivity index (χ1v) is 11.4. The summed E-state index contributed by atoms with van der Waals surface area (Å²) in [5.74, 6) is -0.291. The van der Waals surface area contributed by atoms with Crippen molar-refractivity contribution in [2.45, 2.75) is 26.7 Å². The number of carbonyl (C=O) groups is 2. The van der Waals surface area contributed by atoms with E-state index < -0.39 is 10.0 Å². The first-order valence-electron chi connectivity index (χ1n) is 9.60. The zero-order valence-electron chi connectivity index (χ0n) is 17.1. The molecule has 0 aliphatic rings. The molecule has 0 heterocycles. The van der Waals surface area contributed by atoms with Crippen molar-refractivity contribution in [3.8, 4) is 0 Å². The SMILES string of the molecule is CCC(CNC(=O)CN(c1cccc(C(C)=O)c1)S(C)(=O)=O)Cc1ccccc1. The summed E-state index contributed by atoms with van der Waals surface area (Å²) in [6, 6.07) is 16.3. The quantitative estimate of drug-likeness (QED) is 0.604. The summed E-state index contributed by atoms with van der Waals surface area (Å²) in [6.07, 6.45) is 2.78. The Balaban J connectivity index is 2.05. The second-order valence-corrected chi connectivity index (χ2v) is 9.05. The molecule has 6 nitrogen and oxygen atoms in total. The summed E-state index contributed by atoms with van der Waals surface area (Å²) < 4.78 is 25.5. The van der Waals surface area contributed by atoms with Gasteiger partial charge in [-0.25, -0.2) is 8.42 Å². The van der Waals surface area contributed by atoms with E-state index in [0.717, 1.165) is 23.4 Å². The molecular formula is C22H28N2O4S. The number of rotatable bonds is 10. The van der Waals surface area contributed by atoms with Gasteiger partial charge in [-0.05, 0) is 37.0 Å². The number of nitrogens with zero attached hydrogens (tertiary/aromatic N) is 1. The van der Waals surface area contributed by atoms with Crippen LogP contribution >= 0.6 is 0 Å². The Morgan fingerprint density at radius 2 is 1.76 bits per heavy atom. The van der Waals surface area contributed by atoms with E-state index in [0.29, 0.717) is 17.8 Å². The van der Waals surface area contributed by atoms with Crippen LogP contribution in [0.3, 0.4) is 0 Å². The molecule has 0 aromatic heterocycles. The Morgan fingerprint density at radius 1 is 1.07 bits per heavy atom. The molecule has 0 aliphatic carbocycles. The van der Waals surface area contributed by atoms with Crippen LogP contribution in [0.4, 0.5) is 5.69 Å². The molecule has 7 heteroatoms. The van der Waals surface area contributed by atoms with Crippen molar-refractivity contribution in [3.63, 3.8) is 0 Å². The molecule has 0 aliphatic heterocycles. The number of sulfonamides is 1. The molecule has 0 saturated heterocycles. The van der Waals surface area contributed by atoms with Crippen molar-refractivity contribution in [2.75, 3.05) is 23.7 Å². The molecule has 2 aromatic rings. The Kier molecular flexibility index (Phi) is 7.96. The molecule has 0 spiro atoms. The minimum Gasteiger partial charge on any atom is -0.354 e. The lowest BCUT2D eigenvalue weighted by Crippen LogP contribution is -2.42. The fourth-order valence-corrected chi connectivity index (χ4v) is 3.88. The highest BCUT2D eigenvalue weighted by Gasteiger charge is 2.22. The Bertz CT molecular complexity index is 942. The molecule has 1 unspecified atom stereocenters. The number of benzene rings is 2. The van der Waals surface area contributed by atoms with Crippen LogP contribution < -0.4 is 9.62 Å². The first-order chi connectivity index (χ1) is 13.7. The third-order valence-electron chi connectivity index (χ3n) is 4.76. The van der Waals surface area contributed by atoms with Crippen molar-refractivity contribution in [2.24, 2.45) is 5.92 Å². The largest absolute Gasteiger partial charge is 0.354 e. The van der Waals surface area contributed by atoms with Gasteiger partial charge in [0.1, 0.15) is 6.54 Å². The molecule has 29 heavy (non-hydrogen) atoms. The van der Waals surface area contributed by atoms with Crippen molar-refractivity contribution >= 4 is 27.4 Å².